The molecule has 0 atom stereocenters. The van der Waals surface area contributed by atoms with Gasteiger partial charge < -0.3 is 9.73 Å². The second kappa shape index (κ2) is 7.24. The molecule has 120 valence electrons. The molecule has 1 N–H and O–H groups in total. The fourth-order valence-corrected chi connectivity index (χ4v) is 3.21. The molecule has 1 rings (SSSR count). The maximum atomic E-state index is 12.5. The average Bonchev–Trinajstić information content (AvgIpc) is 2.85. The van der Waals surface area contributed by atoms with E-state index in [1.54, 1.807) is 12.1 Å². The summed E-state index contributed by atoms with van der Waals surface area (Å²) >= 11 is 0. The van der Waals surface area contributed by atoms with Crippen LogP contribution in [0.25, 0.3) is 0 Å². The Balaban J connectivity index is 2.89. The summed E-state index contributed by atoms with van der Waals surface area (Å²) in [5.74, 6) is 0.610. The maximum Gasteiger partial charge on any atom is 0.276 e. The zero-order chi connectivity index (χ0) is 16.1. The second-order valence-corrected chi connectivity index (χ2v) is 7.84. The molecule has 1 aromatic heterocycles. The first-order valence-electron chi connectivity index (χ1n) is 7.15. The van der Waals surface area contributed by atoms with Crippen molar-refractivity contribution in [1.29, 1.82) is 0 Å². The van der Waals surface area contributed by atoms with Crippen LogP contribution in [0.3, 0.4) is 0 Å². The van der Waals surface area contributed by atoms with Crippen molar-refractivity contribution in [2.24, 2.45) is 0 Å². The molecule has 0 saturated heterocycles. The van der Waals surface area contributed by atoms with Gasteiger partial charge in [-0.15, -0.1) is 6.58 Å². The Kier molecular flexibility index (Phi) is 6.19. The Morgan fingerprint density at radius 2 is 2.05 bits per heavy atom. The predicted octanol–water partition coefficient (Wildman–Crippen LogP) is 2.75. The van der Waals surface area contributed by atoms with Gasteiger partial charge >= 0.3 is 0 Å². The first kappa shape index (κ1) is 17.9. The summed E-state index contributed by atoms with van der Waals surface area (Å²) < 4.78 is 31.8. The first-order chi connectivity index (χ1) is 9.70. The lowest BCUT2D eigenvalue weighted by molar-refractivity contribution is 0.349. The molecule has 0 fully saturated rings. The minimum Gasteiger partial charge on any atom is -0.447 e. The van der Waals surface area contributed by atoms with Crippen LogP contribution in [0, 0.1) is 0 Å². The van der Waals surface area contributed by atoms with Crippen LogP contribution in [0.15, 0.2) is 34.3 Å². The minimum absolute atomic E-state index is 0.0106. The quantitative estimate of drug-likeness (QED) is 0.750. The Morgan fingerprint density at radius 1 is 1.38 bits per heavy atom. The molecule has 6 heteroatoms. The van der Waals surface area contributed by atoms with Gasteiger partial charge in [-0.25, -0.2) is 8.42 Å². The van der Waals surface area contributed by atoms with Crippen molar-refractivity contribution in [2.45, 2.75) is 51.3 Å². The van der Waals surface area contributed by atoms with Gasteiger partial charge in [0.15, 0.2) is 0 Å². The van der Waals surface area contributed by atoms with Crippen LogP contribution in [0.2, 0.25) is 0 Å². The molecule has 0 saturated carbocycles. The molecule has 21 heavy (non-hydrogen) atoms. The highest BCUT2D eigenvalue weighted by molar-refractivity contribution is 7.89. The van der Waals surface area contributed by atoms with Crippen LogP contribution in [-0.2, 0) is 16.6 Å². The van der Waals surface area contributed by atoms with E-state index in [9.17, 15) is 8.42 Å². The number of rotatable bonds is 8. The van der Waals surface area contributed by atoms with Crippen molar-refractivity contribution in [3.63, 3.8) is 0 Å². The lowest BCUT2D eigenvalue weighted by Crippen LogP contribution is -2.35. The van der Waals surface area contributed by atoms with Gasteiger partial charge in [-0.2, -0.15) is 4.31 Å². The fourth-order valence-electron chi connectivity index (χ4n) is 1.77. The highest BCUT2D eigenvalue weighted by Crippen LogP contribution is 2.19. The lowest BCUT2D eigenvalue weighted by Gasteiger charge is -2.19. The van der Waals surface area contributed by atoms with Crippen molar-refractivity contribution in [2.75, 3.05) is 13.1 Å². The molecule has 1 aromatic rings. The average molecular weight is 314 g/mol. The number of nitrogens with one attached hydrogen (secondary N) is 1. The number of hydrogen-bond acceptors (Lipinski definition) is 4. The van der Waals surface area contributed by atoms with Crippen LogP contribution in [0.1, 0.15) is 39.9 Å². The smallest absolute Gasteiger partial charge is 0.276 e. The van der Waals surface area contributed by atoms with Gasteiger partial charge in [0.2, 0.25) is 5.09 Å². The van der Waals surface area contributed by atoms with Gasteiger partial charge in [-0.3, -0.25) is 0 Å². The predicted molar refractivity (Wildman–Crippen MR) is 84.5 cm³/mol. The Labute approximate surface area is 128 Å². The van der Waals surface area contributed by atoms with Gasteiger partial charge in [0.25, 0.3) is 10.0 Å². The molecule has 5 nitrogen and oxygen atoms in total. The molecule has 0 aliphatic carbocycles. The second-order valence-electron chi connectivity index (χ2n) is 5.98. The third-order valence-corrected chi connectivity index (χ3v) is 4.57. The van der Waals surface area contributed by atoms with E-state index in [4.69, 9.17) is 4.42 Å². The van der Waals surface area contributed by atoms with Crippen LogP contribution < -0.4 is 5.32 Å². The molecular weight excluding hydrogens is 288 g/mol. The van der Waals surface area contributed by atoms with Gasteiger partial charge in [0.1, 0.15) is 5.76 Å². The first-order valence-corrected chi connectivity index (χ1v) is 8.59. The summed E-state index contributed by atoms with van der Waals surface area (Å²) in [6.07, 6.45) is 2.32. The third-order valence-electron chi connectivity index (χ3n) is 2.83. The van der Waals surface area contributed by atoms with Gasteiger partial charge in [0.05, 0.1) is 6.54 Å². The Hall–Kier alpha value is -1.11. The van der Waals surface area contributed by atoms with Gasteiger partial charge in [-0.1, -0.05) is 13.0 Å². The van der Waals surface area contributed by atoms with Crippen LogP contribution in [0.4, 0.5) is 0 Å². The summed E-state index contributed by atoms with van der Waals surface area (Å²) in [4.78, 5) is 0. The van der Waals surface area contributed by atoms with Crippen molar-refractivity contribution in [1.82, 2.24) is 9.62 Å². The van der Waals surface area contributed by atoms with E-state index in [2.05, 4.69) is 11.9 Å². The molecule has 1 heterocycles. The van der Waals surface area contributed by atoms with E-state index in [1.807, 2.05) is 27.7 Å². The maximum absolute atomic E-state index is 12.5. The molecule has 0 aliphatic rings. The SMILES string of the molecule is C=CCN(CCC)S(=O)(=O)c1ccc(CNC(C)(C)C)o1. The number of hydrogen-bond donors (Lipinski definition) is 1. The lowest BCUT2D eigenvalue weighted by atomic mass is 10.1. The zero-order valence-corrected chi connectivity index (χ0v) is 14.2. The molecular formula is C15H26N2O3S. The van der Waals surface area contributed by atoms with Gasteiger partial charge in [-0.05, 0) is 39.3 Å². The van der Waals surface area contributed by atoms with E-state index < -0.39 is 10.0 Å². The molecule has 0 bridgehead atoms. The van der Waals surface area contributed by atoms with Crippen LogP contribution in [-0.4, -0.2) is 31.4 Å². The molecule has 0 spiro atoms. The van der Waals surface area contributed by atoms with E-state index in [-0.39, 0.29) is 17.2 Å². The summed E-state index contributed by atoms with van der Waals surface area (Å²) in [6, 6.07) is 3.21. The van der Waals surface area contributed by atoms with Crippen molar-refractivity contribution in [3.8, 4) is 0 Å². The number of sulfonamides is 1. The molecule has 0 aliphatic heterocycles. The topological polar surface area (TPSA) is 62.6 Å². The van der Waals surface area contributed by atoms with Crippen LogP contribution in [0.5, 0.6) is 0 Å². The summed E-state index contributed by atoms with van der Waals surface area (Å²) in [7, 11) is -3.59. The van der Waals surface area contributed by atoms with Crippen molar-refractivity contribution < 1.29 is 12.8 Å². The zero-order valence-electron chi connectivity index (χ0n) is 13.3. The fraction of sp³-hybridized carbons (Fsp3) is 0.600. The van der Waals surface area contributed by atoms with E-state index in [0.717, 1.165) is 6.42 Å². The Morgan fingerprint density at radius 3 is 2.57 bits per heavy atom. The highest BCUT2D eigenvalue weighted by atomic mass is 32.2. The molecule has 0 unspecified atom stereocenters. The largest absolute Gasteiger partial charge is 0.447 e. The number of nitrogens with zero attached hydrogens (tertiary/aromatic N) is 1. The monoisotopic (exact) mass is 314 g/mol. The highest BCUT2D eigenvalue weighted by Gasteiger charge is 2.26. The summed E-state index contributed by atoms with van der Waals surface area (Å²) in [5.41, 5.74) is -0.0527. The Bertz CT molecular complexity index is 556. The normalized spacial score (nSPS) is 12.8. The minimum atomic E-state index is -3.59. The number of furan rings is 1. The standard InChI is InChI=1S/C15H26N2O3S/c1-6-10-17(11-7-2)21(18,19)14-9-8-13(20-14)12-16-15(3,4)5/h6,8-9,16H,1,7,10-12H2,2-5H3. The van der Waals surface area contributed by atoms with Crippen molar-refractivity contribution in [3.05, 3.63) is 30.5 Å². The van der Waals surface area contributed by atoms with E-state index in [1.165, 1.54) is 10.4 Å². The third kappa shape index (κ3) is 5.30. The van der Waals surface area contributed by atoms with E-state index >= 15 is 0 Å². The molecule has 0 radical (unpaired) electrons. The summed E-state index contributed by atoms with van der Waals surface area (Å²) in [5, 5.41) is 3.25. The van der Waals surface area contributed by atoms with Gasteiger partial charge in [0, 0.05) is 18.6 Å². The van der Waals surface area contributed by atoms with Crippen molar-refractivity contribution >= 4 is 10.0 Å². The van der Waals surface area contributed by atoms with Crippen LogP contribution >= 0.6 is 0 Å². The molecule has 0 amide bonds. The summed E-state index contributed by atoms with van der Waals surface area (Å²) in [6.45, 7) is 12.9. The molecule has 0 aromatic carbocycles. The van der Waals surface area contributed by atoms with E-state index in [0.29, 0.717) is 18.8 Å².